The van der Waals surface area contributed by atoms with Gasteiger partial charge in [-0.15, -0.1) is 0 Å². The maximum Gasteiger partial charge on any atom is 0.180 e. The number of pyridine rings is 1. The Morgan fingerprint density at radius 2 is 1.91 bits per heavy atom. The van der Waals surface area contributed by atoms with Crippen LogP contribution < -0.4 is 4.74 Å². The zero-order valence-electron chi connectivity index (χ0n) is 12.5. The lowest BCUT2D eigenvalue weighted by Gasteiger charge is -2.13. The molecule has 4 rings (SSSR count). The van der Waals surface area contributed by atoms with E-state index in [9.17, 15) is 5.11 Å². The van der Waals surface area contributed by atoms with Gasteiger partial charge in [0.2, 0.25) is 0 Å². The molecule has 0 spiro atoms. The molecule has 4 heteroatoms. The molecule has 3 aromatic rings. The van der Waals surface area contributed by atoms with Crippen LogP contribution in [0.5, 0.6) is 5.75 Å². The van der Waals surface area contributed by atoms with Crippen molar-refractivity contribution in [3.05, 3.63) is 65.1 Å². The van der Waals surface area contributed by atoms with Crippen molar-refractivity contribution < 1.29 is 9.84 Å². The summed E-state index contributed by atoms with van der Waals surface area (Å²) in [4.78, 5) is 4.55. The van der Waals surface area contributed by atoms with Gasteiger partial charge >= 0.3 is 0 Å². The van der Waals surface area contributed by atoms with Gasteiger partial charge in [0, 0.05) is 19.0 Å². The van der Waals surface area contributed by atoms with Gasteiger partial charge in [0.15, 0.2) is 11.4 Å². The molecule has 0 fully saturated rings. The van der Waals surface area contributed by atoms with Crippen LogP contribution in [0.4, 0.5) is 0 Å². The van der Waals surface area contributed by atoms with Crippen molar-refractivity contribution in [2.75, 3.05) is 0 Å². The molecule has 4 nitrogen and oxygen atoms in total. The summed E-state index contributed by atoms with van der Waals surface area (Å²) in [5.41, 5.74) is 5.17. The van der Waals surface area contributed by atoms with E-state index < -0.39 is 0 Å². The third-order valence-electron chi connectivity index (χ3n) is 4.37. The summed E-state index contributed by atoms with van der Waals surface area (Å²) in [6, 6.07) is 12.4. The highest BCUT2D eigenvalue weighted by molar-refractivity contribution is 5.56. The van der Waals surface area contributed by atoms with Gasteiger partial charge in [-0.1, -0.05) is 24.3 Å². The Hall–Kier alpha value is -2.33. The monoisotopic (exact) mass is 294 g/mol. The van der Waals surface area contributed by atoms with Gasteiger partial charge < -0.3 is 9.84 Å². The molecule has 2 aromatic heterocycles. The van der Waals surface area contributed by atoms with E-state index >= 15 is 0 Å². The van der Waals surface area contributed by atoms with E-state index in [2.05, 4.69) is 29.2 Å². The summed E-state index contributed by atoms with van der Waals surface area (Å²) < 4.78 is 8.13. The number of rotatable bonds is 3. The van der Waals surface area contributed by atoms with Crippen LogP contribution in [0, 0.1) is 6.92 Å². The average Bonchev–Trinajstić information content (AvgIpc) is 3.07. The first-order valence-electron chi connectivity index (χ1n) is 7.57. The quantitative estimate of drug-likeness (QED) is 0.808. The van der Waals surface area contributed by atoms with Crippen LogP contribution in [0.3, 0.4) is 0 Å². The van der Waals surface area contributed by atoms with Crippen LogP contribution in [-0.2, 0) is 19.4 Å². The van der Waals surface area contributed by atoms with Gasteiger partial charge in [0.1, 0.15) is 6.10 Å². The number of imidazole rings is 1. The number of fused-ring (bicyclic) bond motifs is 2. The second-order valence-corrected chi connectivity index (χ2v) is 5.78. The van der Waals surface area contributed by atoms with E-state index in [1.165, 1.54) is 11.1 Å². The molecule has 0 bridgehead atoms. The Bertz CT molecular complexity index is 813. The third kappa shape index (κ3) is 2.07. The lowest BCUT2D eigenvalue weighted by atomic mass is 10.1. The fourth-order valence-corrected chi connectivity index (χ4v) is 3.27. The molecule has 0 amide bonds. The second-order valence-electron chi connectivity index (χ2n) is 5.78. The van der Waals surface area contributed by atoms with Gasteiger partial charge in [-0.2, -0.15) is 0 Å². The highest BCUT2D eigenvalue weighted by Crippen LogP contribution is 2.28. The molecule has 112 valence electrons. The minimum atomic E-state index is -0.0225. The van der Waals surface area contributed by atoms with Crippen LogP contribution in [0.15, 0.2) is 42.6 Å². The maximum atomic E-state index is 9.50. The van der Waals surface area contributed by atoms with Crippen molar-refractivity contribution >= 4 is 5.65 Å². The van der Waals surface area contributed by atoms with Crippen molar-refractivity contribution in [2.24, 2.45) is 0 Å². The van der Waals surface area contributed by atoms with E-state index in [-0.39, 0.29) is 12.7 Å². The molecule has 0 unspecified atom stereocenters. The first-order chi connectivity index (χ1) is 10.8. The minimum absolute atomic E-state index is 0.0225. The smallest absolute Gasteiger partial charge is 0.180 e. The lowest BCUT2D eigenvalue weighted by molar-refractivity contribution is 0.215. The summed E-state index contributed by atoms with van der Waals surface area (Å²) in [5, 5.41) is 9.50. The van der Waals surface area contributed by atoms with E-state index in [1.54, 1.807) is 0 Å². The van der Waals surface area contributed by atoms with Crippen molar-refractivity contribution in [1.29, 1.82) is 0 Å². The number of aryl methyl sites for hydroxylation is 1. The molecular formula is C18H18N2O2. The van der Waals surface area contributed by atoms with Crippen molar-refractivity contribution in [3.8, 4) is 5.75 Å². The summed E-state index contributed by atoms with van der Waals surface area (Å²) in [5.74, 6) is 0.781. The number of ether oxygens (including phenoxy) is 1. The fourth-order valence-electron chi connectivity index (χ4n) is 3.27. The highest BCUT2D eigenvalue weighted by Gasteiger charge is 2.23. The van der Waals surface area contributed by atoms with Crippen molar-refractivity contribution in [1.82, 2.24) is 9.38 Å². The molecule has 22 heavy (non-hydrogen) atoms. The minimum Gasteiger partial charge on any atom is -0.486 e. The summed E-state index contributed by atoms with van der Waals surface area (Å²) in [6.45, 7) is 1.89. The van der Waals surface area contributed by atoms with Gasteiger partial charge in [0.05, 0.1) is 18.0 Å². The van der Waals surface area contributed by atoms with Gasteiger partial charge in [0.25, 0.3) is 0 Å². The molecule has 0 aliphatic heterocycles. The van der Waals surface area contributed by atoms with E-state index in [0.717, 1.165) is 35.6 Å². The molecule has 1 aliphatic rings. The Balaban J connectivity index is 1.66. The molecule has 1 N–H and O–H groups in total. The number of benzene rings is 1. The van der Waals surface area contributed by atoms with Crippen LogP contribution >= 0.6 is 0 Å². The van der Waals surface area contributed by atoms with Crippen molar-refractivity contribution in [2.45, 2.75) is 32.5 Å². The third-order valence-corrected chi connectivity index (χ3v) is 4.37. The number of aliphatic hydroxyl groups excluding tert-OH is 1. The molecule has 2 heterocycles. The largest absolute Gasteiger partial charge is 0.486 e. The first-order valence-corrected chi connectivity index (χ1v) is 7.57. The standard InChI is InChI=1S/C18H18N2O2/c1-12-16(11-21)20-8-4-7-17(18(20)19-12)22-15-9-13-5-2-3-6-14(13)10-15/h2-8,15,21H,9-11H2,1H3. The summed E-state index contributed by atoms with van der Waals surface area (Å²) >= 11 is 0. The summed E-state index contributed by atoms with van der Waals surface area (Å²) in [6.07, 6.45) is 3.93. The van der Waals surface area contributed by atoms with Crippen LogP contribution in [0.2, 0.25) is 0 Å². The Kier molecular flexibility index (Phi) is 3.12. The molecule has 0 atom stereocenters. The highest BCUT2D eigenvalue weighted by atomic mass is 16.5. The zero-order valence-corrected chi connectivity index (χ0v) is 12.5. The van der Waals surface area contributed by atoms with Crippen LogP contribution in [0.25, 0.3) is 5.65 Å². The lowest BCUT2D eigenvalue weighted by Crippen LogP contribution is -2.16. The van der Waals surface area contributed by atoms with Gasteiger partial charge in [-0.25, -0.2) is 4.98 Å². The number of hydrogen-bond acceptors (Lipinski definition) is 3. The number of hydrogen-bond donors (Lipinski definition) is 1. The van der Waals surface area contributed by atoms with E-state index in [1.807, 2.05) is 29.7 Å². The Labute approximate surface area is 129 Å². The molecule has 1 aliphatic carbocycles. The average molecular weight is 294 g/mol. The maximum absolute atomic E-state index is 9.50. The van der Waals surface area contributed by atoms with Crippen LogP contribution in [-0.4, -0.2) is 20.6 Å². The van der Waals surface area contributed by atoms with Crippen molar-refractivity contribution in [3.63, 3.8) is 0 Å². The molecular weight excluding hydrogens is 276 g/mol. The molecule has 0 saturated carbocycles. The van der Waals surface area contributed by atoms with E-state index in [0.29, 0.717) is 0 Å². The Morgan fingerprint density at radius 1 is 1.18 bits per heavy atom. The predicted molar refractivity (Wildman–Crippen MR) is 84.1 cm³/mol. The van der Waals surface area contributed by atoms with Gasteiger partial charge in [-0.3, -0.25) is 4.40 Å². The second kappa shape index (κ2) is 5.14. The van der Waals surface area contributed by atoms with Gasteiger partial charge in [-0.05, 0) is 30.2 Å². The predicted octanol–water partition coefficient (Wildman–Crippen LogP) is 2.68. The number of nitrogens with zero attached hydrogens (tertiary/aromatic N) is 2. The molecule has 1 aromatic carbocycles. The first kappa shape index (κ1) is 13.3. The SMILES string of the molecule is Cc1nc2c(OC3Cc4ccccc4C3)cccn2c1CO. The van der Waals surface area contributed by atoms with Crippen LogP contribution in [0.1, 0.15) is 22.5 Å². The molecule has 0 radical (unpaired) electrons. The fraction of sp³-hybridized carbons (Fsp3) is 0.278. The van der Waals surface area contributed by atoms with E-state index in [4.69, 9.17) is 4.74 Å². The summed E-state index contributed by atoms with van der Waals surface area (Å²) in [7, 11) is 0. The number of aromatic nitrogens is 2. The molecule has 0 saturated heterocycles. The normalized spacial score (nSPS) is 14.5. The zero-order chi connectivity index (χ0) is 15.1. The Morgan fingerprint density at radius 3 is 2.59 bits per heavy atom. The topological polar surface area (TPSA) is 46.8 Å². The number of aliphatic hydroxyl groups is 1.